The highest BCUT2D eigenvalue weighted by atomic mass is 35.5. The van der Waals surface area contributed by atoms with Gasteiger partial charge in [-0.1, -0.05) is 24.2 Å². The first-order valence-corrected chi connectivity index (χ1v) is 9.95. The lowest BCUT2D eigenvalue weighted by Crippen LogP contribution is -2.50. The monoisotopic (exact) mass is 491 g/mol. The first-order chi connectivity index (χ1) is 15.4. The average molecular weight is 492 g/mol. The number of hydrogen-bond acceptors (Lipinski definition) is 5. The number of ether oxygens (including phenoxy) is 1. The summed E-state index contributed by atoms with van der Waals surface area (Å²) in [6, 6.07) is 5.11. The summed E-state index contributed by atoms with van der Waals surface area (Å²) >= 11 is 5.87. The van der Waals surface area contributed by atoms with E-state index < -0.39 is 52.9 Å². The highest BCUT2D eigenvalue weighted by Crippen LogP contribution is 2.33. The number of carbonyl (C=O) groups excluding carboxylic acids is 1. The molecule has 6 nitrogen and oxygen atoms in total. The van der Waals surface area contributed by atoms with Crippen LogP contribution in [-0.2, 0) is 0 Å². The van der Waals surface area contributed by atoms with Crippen molar-refractivity contribution in [2.75, 3.05) is 23.7 Å². The Morgan fingerprint density at radius 3 is 2.48 bits per heavy atom. The van der Waals surface area contributed by atoms with E-state index in [1.165, 1.54) is 12.1 Å². The zero-order valence-electron chi connectivity index (χ0n) is 17.1. The Bertz CT molecular complexity index is 1050. The highest BCUT2D eigenvalue weighted by molar-refractivity contribution is 6.34. The predicted molar refractivity (Wildman–Crippen MR) is 112 cm³/mol. The highest BCUT2D eigenvalue weighted by Gasteiger charge is 2.39. The molecule has 1 aliphatic heterocycles. The van der Waals surface area contributed by atoms with Crippen LogP contribution in [0.25, 0.3) is 0 Å². The minimum Gasteiger partial charge on any atom is -0.480 e. The Balaban J connectivity index is 1.94. The number of benzene rings is 2. The molecule has 3 rings (SSSR count). The molecule has 1 saturated heterocycles. The lowest BCUT2D eigenvalue weighted by Gasteiger charge is -2.39. The van der Waals surface area contributed by atoms with Crippen molar-refractivity contribution in [1.82, 2.24) is 4.90 Å². The van der Waals surface area contributed by atoms with Crippen molar-refractivity contribution < 1.29 is 36.6 Å². The molecule has 0 aromatic heterocycles. The fraction of sp³-hybridized carbons (Fsp3) is 0.286. The summed E-state index contributed by atoms with van der Waals surface area (Å²) in [5.41, 5.74) is -1.35. The Kier molecular flexibility index (Phi) is 7.03. The van der Waals surface area contributed by atoms with E-state index in [0.717, 1.165) is 12.1 Å². The maximum absolute atomic E-state index is 14.8. The summed E-state index contributed by atoms with van der Waals surface area (Å²) in [7, 11) is 0. The maximum atomic E-state index is 14.8. The molecular weight excluding hydrogens is 473 g/mol. The van der Waals surface area contributed by atoms with Gasteiger partial charge >= 0.3 is 6.18 Å². The van der Waals surface area contributed by atoms with Crippen molar-refractivity contribution in [2.24, 2.45) is 0 Å². The molecule has 1 atom stereocenters. The largest absolute Gasteiger partial charge is 0.480 e. The third-order valence-electron chi connectivity index (χ3n) is 4.80. The normalized spacial score (nSPS) is 15.0. The third-order valence-corrected chi connectivity index (χ3v) is 5.12. The van der Waals surface area contributed by atoms with Gasteiger partial charge in [0.2, 0.25) is 0 Å². The molecular formula is C21H19ClF5N3O3. The van der Waals surface area contributed by atoms with Crippen LogP contribution in [0.2, 0.25) is 5.02 Å². The molecule has 0 radical (unpaired) electrons. The van der Waals surface area contributed by atoms with E-state index in [0.29, 0.717) is 13.0 Å². The minimum absolute atomic E-state index is 0.165. The Hall–Kier alpha value is -3.05. The van der Waals surface area contributed by atoms with Gasteiger partial charge in [-0.15, -0.1) is 0 Å². The Labute approximate surface area is 190 Å². The number of carbonyl (C=O) groups is 1. The second-order valence-electron chi connectivity index (χ2n) is 7.31. The van der Waals surface area contributed by atoms with E-state index in [1.807, 2.05) is 0 Å². The number of anilines is 2. The van der Waals surface area contributed by atoms with Crippen molar-refractivity contribution in [3.63, 3.8) is 0 Å². The number of nitrogens with zero attached hydrogens (tertiary/aromatic N) is 1. The van der Waals surface area contributed by atoms with Gasteiger partial charge in [0.25, 0.3) is 5.91 Å². The molecule has 1 fully saturated rings. The summed E-state index contributed by atoms with van der Waals surface area (Å²) in [6.07, 6.45) is -7.69. The summed E-state index contributed by atoms with van der Waals surface area (Å²) in [5, 5.41) is 13.9. The van der Waals surface area contributed by atoms with Crippen LogP contribution >= 0.6 is 11.6 Å². The summed E-state index contributed by atoms with van der Waals surface area (Å²) in [6.45, 7) is 4.89. The minimum atomic E-state index is -4.78. The second-order valence-corrected chi connectivity index (χ2v) is 7.72. The third kappa shape index (κ3) is 5.66. The molecule has 1 amide bonds. The number of halogens is 6. The van der Waals surface area contributed by atoms with Gasteiger partial charge in [-0.2, -0.15) is 13.2 Å². The standard InChI is InChI=1S/C21H19ClF5N3O3/c1-10(21(25,26)27)33-18-7-17(28-11(2)30-8-12(31)9-30)16(24)6-13(18)20(32)29-19-14(22)4-3-5-15(19)23/h3-7,10,12,28,31H,2,8-9H2,1H3,(H,29,32)/t10-/m0/s1. The van der Waals surface area contributed by atoms with Crippen LogP contribution in [0.1, 0.15) is 17.3 Å². The maximum Gasteiger partial charge on any atom is 0.425 e. The van der Waals surface area contributed by atoms with Crippen LogP contribution in [0.5, 0.6) is 5.75 Å². The Morgan fingerprint density at radius 1 is 1.24 bits per heavy atom. The zero-order valence-corrected chi connectivity index (χ0v) is 17.9. The van der Waals surface area contributed by atoms with Gasteiger partial charge in [0, 0.05) is 19.2 Å². The second kappa shape index (κ2) is 9.44. The lowest BCUT2D eigenvalue weighted by atomic mass is 10.1. The van der Waals surface area contributed by atoms with Gasteiger partial charge in [0.1, 0.15) is 17.4 Å². The van der Waals surface area contributed by atoms with E-state index >= 15 is 0 Å². The first-order valence-electron chi connectivity index (χ1n) is 9.58. The number of rotatable bonds is 7. The number of para-hydroxylation sites is 1. The average Bonchev–Trinajstić information content (AvgIpc) is 2.69. The van der Waals surface area contributed by atoms with Crippen LogP contribution in [-0.4, -0.2) is 47.4 Å². The SMILES string of the molecule is C=C(Nc1cc(O[C@@H](C)C(F)(F)F)c(C(=O)Nc2c(F)cccc2Cl)cc1F)N1CC(O)C1. The van der Waals surface area contributed by atoms with E-state index in [1.54, 1.807) is 4.90 Å². The van der Waals surface area contributed by atoms with Crippen LogP contribution in [0, 0.1) is 11.6 Å². The topological polar surface area (TPSA) is 73.8 Å². The van der Waals surface area contributed by atoms with Gasteiger partial charge in [0.15, 0.2) is 6.10 Å². The molecule has 2 aromatic carbocycles. The number of alkyl halides is 3. The van der Waals surface area contributed by atoms with Crippen molar-refractivity contribution in [1.29, 1.82) is 0 Å². The molecule has 33 heavy (non-hydrogen) atoms. The lowest BCUT2D eigenvalue weighted by molar-refractivity contribution is -0.189. The van der Waals surface area contributed by atoms with Gasteiger partial charge in [-0.25, -0.2) is 8.78 Å². The smallest absolute Gasteiger partial charge is 0.425 e. The number of hydrogen-bond donors (Lipinski definition) is 3. The molecule has 0 spiro atoms. The Morgan fingerprint density at radius 2 is 1.91 bits per heavy atom. The van der Waals surface area contributed by atoms with Gasteiger partial charge in [-0.05, 0) is 25.1 Å². The molecule has 178 valence electrons. The number of likely N-dealkylation sites (tertiary alicyclic amines) is 1. The number of amides is 1. The van der Waals surface area contributed by atoms with Crippen molar-refractivity contribution in [2.45, 2.75) is 25.3 Å². The molecule has 0 aliphatic carbocycles. The van der Waals surface area contributed by atoms with E-state index in [4.69, 9.17) is 16.3 Å². The summed E-state index contributed by atoms with van der Waals surface area (Å²) in [4.78, 5) is 14.3. The number of aliphatic hydroxyl groups is 1. The molecule has 1 aliphatic rings. The van der Waals surface area contributed by atoms with Crippen molar-refractivity contribution >= 4 is 28.9 Å². The quantitative estimate of drug-likeness (QED) is 0.487. The zero-order chi connectivity index (χ0) is 24.5. The van der Waals surface area contributed by atoms with E-state index in [2.05, 4.69) is 17.2 Å². The van der Waals surface area contributed by atoms with Crippen LogP contribution in [0.4, 0.5) is 33.3 Å². The van der Waals surface area contributed by atoms with Crippen molar-refractivity contribution in [3.05, 3.63) is 65.0 Å². The molecule has 3 N–H and O–H groups in total. The molecule has 0 saturated carbocycles. The van der Waals surface area contributed by atoms with Gasteiger partial charge in [-0.3, -0.25) is 4.79 Å². The van der Waals surface area contributed by atoms with E-state index in [9.17, 15) is 31.9 Å². The van der Waals surface area contributed by atoms with Crippen LogP contribution in [0.3, 0.4) is 0 Å². The number of aliphatic hydroxyl groups excluding tert-OH is 1. The van der Waals surface area contributed by atoms with Gasteiger partial charge in [0.05, 0.1) is 33.9 Å². The summed E-state index contributed by atoms with van der Waals surface area (Å²) < 4.78 is 72.9. The van der Waals surface area contributed by atoms with Crippen LogP contribution < -0.4 is 15.4 Å². The van der Waals surface area contributed by atoms with E-state index in [-0.39, 0.29) is 29.6 Å². The fourth-order valence-corrected chi connectivity index (χ4v) is 3.10. The fourth-order valence-electron chi connectivity index (χ4n) is 2.89. The number of β-amino-alcohol motifs (C(OH)–C–C–N with tert-alkyl or cyclic N) is 1. The molecule has 12 heteroatoms. The predicted octanol–water partition coefficient (Wildman–Crippen LogP) is 4.76. The molecule has 0 unspecified atom stereocenters. The molecule has 0 bridgehead atoms. The van der Waals surface area contributed by atoms with Gasteiger partial charge < -0.3 is 25.4 Å². The summed E-state index contributed by atoms with van der Waals surface area (Å²) in [5.74, 6) is -3.46. The number of nitrogens with one attached hydrogen (secondary N) is 2. The van der Waals surface area contributed by atoms with Crippen molar-refractivity contribution in [3.8, 4) is 5.75 Å². The molecule has 1 heterocycles. The first kappa shape index (κ1) is 24.6. The van der Waals surface area contributed by atoms with Crippen LogP contribution in [0.15, 0.2) is 42.7 Å². The molecule has 2 aromatic rings.